The second-order valence-corrected chi connectivity index (χ2v) is 4.76. The highest BCUT2D eigenvalue weighted by Gasteiger charge is 2.08. The number of aromatic nitrogens is 1. The molecule has 1 aromatic heterocycles. The van der Waals surface area contributed by atoms with Gasteiger partial charge in [-0.15, -0.1) is 0 Å². The zero-order chi connectivity index (χ0) is 13.7. The molecule has 1 heterocycles. The molecular formula is C15H15ClN2O. The zero-order valence-corrected chi connectivity index (χ0v) is 11.4. The monoisotopic (exact) mass is 274 g/mol. The highest BCUT2D eigenvalue weighted by atomic mass is 35.5. The van der Waals surface area contributed by atoms with Gasteiger partial charge in [0.2, 0.25) is 0 Å². The molecule has 0 aliphatic rings. The summed E-state index contributed by atoms with van der Waals surface area (Å²) in [5, 5.41) is 3.23. The quantitative estimate of drug-likeness (QED) is 0.931. The average molecular weight is 275 g/mol. The second kappa shape index (κ2) is 6.34. The van der Waals surface area contributed by atoms with Crippen molar-refractivity contribution in [3.63, 3.8) is 0 Å². The first-order valence-corrected chi connectivity index (χ1v) is 6.48. The van der Waals surface area contributed by atoms with Crippen LogP contribution >= 0.6 is 11.6 Å². The lowest BCUT2D eigenvalue weighted by atomic mass is 10.1. The number of aryl methyl sites for hydroxylation is 1. The van der Waals surface area contributed by atoms with E-state index in [0.717, 1.165) is 6.42 Å². The van der Waals surface area contributed by atoms with Gasteiger partial charge < -0.3 is 5.32 Å². The van der Waals surface area contributed by atoms with E-state index < -0.39 is 0 Å². The lowest BCUT2D eigenvalue weighted by Crippen LogP contribution is -2.26. The minimum atomic E-state index is -0.167. The third kappa shape index (κ3) is 3.80. The van der Waals surface area contributed by atoms with Gasteiger partial charge in [-0.05, 0) is 25.0 Å². The minimum Gasteiger partial charge on any atom is -0.352 e. The molecule has 1 N–H and O–H groups in total. The van der Waals surface area contributed by atoms with Gasteiger partial charge in [-0.1, -0.05) is 41.4 Å². The second-order valence-electron chi connectivity index (χ2n) is 4.35. The molecule has 2 rings (SSSR count). The summed E-state index contributed by atoms with van der Waals surface area (Å²) in [6.07, 6.45) is 3.83. The SMILES string of the molecule is Cc1cccc(CCNC(=O)c2ccncc2Cl)c1. The van der Waals surface area contributed by atoms with E-state index >= 15 is 0 Å². The molecule has 0 saturated carbocycles. The third-order valence-corrected chi connectivity index (χ3v) is 3.10. The predicted molar refractivity (Wildman–Crippen MR) is 76.5 cm³/mol. The van der Waals surface area contributed by atoms with E-state index in [9.17, 15) is 4.79 Å². The molecule has 0 bridgehead atoms. The van der Waals surface area contributed by atoms with E-state index in [1.54, 1.807) is 12.3 Å². The minimum absolute atomic E-state index is 0.167. The van der Waals surface area contributed by atoms with Crippen LogP contribution in [0.5, 0.6) is 0 Å². The van der Waals surface area contributed by atoms with Gasteiger partial charge in [0, 0.05) is 18.9 Å². The van der Waals surface area contributed by atoms with Crippen LogP contribution in [-0.2, 0) is 6.42 Å². The Labute approximate surface area is 117 Å². The van der Waals surface area contributed by atoms with Gasteiger partial charge >= 0.3 is 0 Å². The molecule has 4 heteroatoms. The van der Waals surface area contributed by atoms with Crippen molar-refractivity contribution in [2.75, 3.05) is 6.54 Å². The van der Waals surface area contributed by atoms with E-state index in [-0.39, 0.29) is 5.91 Å². The molecule has 98 valence electrons. The summed E-state index contributed by atoms with van der Waals surface area (Å²) >= 11 is 5.91. The highest BCUT2D eigenvalue weighted by molar-refractivity contribution is 6.33. The Kier molecular flexibility index (Phi) is 4.53. The Morgan fingerprint density at radius 3 is 2.95 bits per heavy atom. The van der Waals surface area contributed by atoms with Crippen LogP contribution in [0.15, 0.2) is 42.7 Å². The number of nitrogens with one attached hydrogen (secondary N) is 1. The van der Waals surface area contributed by atoms with E-state index in [1.807, 2.05) is 6.07 Å². The van der Waals surface area contributed by atoms with Crippen molar-refractivity contribution in [2.24, 2.45) is 0 Å². The Bertz CT molecular complexity index is 584. The standard InChI is InChI=1S/C15H15ClN2O/c1-11-3-2-4-12(9-11)5-8-18-15(19)13-6-7-17-10-14(13)16/h2-4,6-7,9-10H,5,8H2,1H3,(H,18,19). The van der Waals surface area contributed by atoms with Crippen LogP contribution in [0.25, 0.3) is 0 Å². The highest BCUT2D eigenvalue weighted by Crippen LogP contribution is 2.12. The number of hydrogen-bond acceptors (Lipinski definition) is 2. The molecule has 0 atom stereocenters. The summed E-state index contributed by atoms with van der Waals surface area (Å²) in [6.45, 7) is 2.64. The van der Waals surface area contributed by atoms with Gasteiger partial charge in [-0.25, -0.2) is 0 Å². The number of nitrogens with zero attached hydrogens (tertiary/aromatic N) is 1. The zero-order valence-electron chi connectivity index (χ0n) is 10.7. The maximum Gasteiger partial charge on any atom is 0.252 e. The number of rotatable bonds is 4. The van der Waals surface area contributed by atoms with Crippen molar-refractivity contribution in [1.29, 1.82) is 0 Å². The van der Waals surface area contributed by atoms with E-state index in [1.165, 1.54) is 17.3 Å². The fourth-order valence-electron chi connectivity index (χ4n) is 1.84. The van der Waals surface area contributed by atoms with E-state index in [2.05, 4.69) is 35.4 Å². The van der Waals surface area contributed by atoms with Gasteiger partial charge in [0.25, 0.3) is 5.91 Å². The first-order chi connectivity index (χ1) is 9.16. The number of hydrogen-bond donors (Lipinski definition) is 1. The maximum absolute atomic E-state index is 11.9. The molecule has 2 aromatic rings. The van der Waals surface area contributed by atoms with Crippen LogP contribution in [0.3, 0.4) is 0 Å². The first-order valence-electron chi connectivity index (χ1n) is 6.10. The molecule has 0 aliphatic carbocycles. The molecule has 3 nitrogen and oxygen atoms in total. The summed E-state index contributed by atoms with van der Waals surface area (Å²) in [7, 11) is 0. The Morgan fingerprint density at radius 1 is 1.37 bits per heavy atom. The lowest BCUT2D eigenvalue weighted by molar-refractivity contribution is 0.0954. The fraction of sp³-hybridized carbons (Fsp3) is 0.200. The third-order valence-electron chi connectivity index (χ3n) is 2.80. The molecule has 1 amide bonds. The van der Waals surface area contributed by atoms with Crippen LogP contribution in [-0.4, -0.2) is 17.4 Å². The van der Waals surface area contributed by atoms with Gasteiger partial charge in [0.1, 0.15) is 0 Å². The fourth-order valence-corrected chi connectivity index (χ4v) is 2.05. The number of carbonyl (C=O) groups excluding carboxylic acids is 1. The molecule has 0 radical (unpaired) electrons. The Balaban J connectivity index is 1.90. The van der Waals surface area contributed by atoms with Crippen molar-refractivity contribution in [3.05, 3.63) is 64.4 Å². The van der Waals surface area contributed by atoms with Crippen molar-refractivity contribution < 1.29 is 4.79 Å². The number of pyridine rings is 1. The number of amides is 1. The van der Waals surface area contributed by atoms with E-state index in [4.69, 9.17) is 11.6 Å². The van der Waals surface area contributed by atoms with Crippen LogP contribution < -0.4 is 5.32 Å². The van der Waals surface area contributed by atoms with Crippen molar-refractivity contribution >= 4 is 17.5 Å². The summed E-state index contributed by atoms with van der Waals surface area (Å²) < 4.78 is 0. The molecule has 0 unspecified atom stereocenters. The Morgan fingerprint density at radius 2 is 2.21 bits per heavy atom. The predicted octanol–water partition coefficient (Wildman–Crippen LogP) is 3.02. The molecule has 0 aliphatic heterocycles. The van der Waals surface area contributed by atoms with Crippen molar-refractivity contribution in [1.82, 2.24) is 10.3 Å². The van der Waals surface area contributed by atoms with Gasteiger partial charge in [-0.3, -0.25) is 9.78 Å². The van der Waals surface area contributed by atoms with Gasteiger partial charge in [0.15, 0.2) is 0 Å². The molecule has 1 aromatic carbocycles. The topological polar surface area (TPSA) is 42.0 Å². The summed E-state index contributed by atoms with van der Waals surface area (Å²) in [6, 6.07) is 9.86. The molecular weight excluding hydrogens is 260 g/mol. The van der Waals surface area contributed by atoms with Crippen LogP contribution in [0, 0.1) is 6.92 Å². The van der Waals surface area contributed by atoms with Crippen LogP contribution in [0.1, 0.15) is 21.5 Å². The van der Waals surface area contributed by atoms with Gasteiger partial charge in [-0.2, -0.15) is 0 Å². The lowest BCUT2D eigenvalue weighted by Gasteiger charge is -2.07. The van der Waals surface area contributed by atoms with Crippen LogP contribution in [0.2, 0.25) is 5.02 Å². The van der Waals surface area contributed by atoms with Crippen molar-refractivity contribution in [3.8, 4) is 0 Å². The number of halogens is 1. The number of benzene rings is 1. The molecule has 0 saturated heterocycles. The molecule has 0 fully saturated rings. The first kappa shape index (κ1) is 13.6. The number of carbonyl (C=O) groups is 1. The summed E-state index contributed by atoms with van der Waals surface area (Å²) in [5.74, 6) is -0.167. The van der Waals surface area contributed by atoms with Crippen molar-refractivity contribution in [2.45, 2.75) is 13.3 Å². The van der Waals surface area contributed by atoms with E-state index in [0.29, 0.717) is 17.1 Å². The molecule has 19 heavy (non-hydrogen) atoms. The average Bonchev–Trinajstić information content (AvgIpc) is 2.39. The summed E-state index contributed by atoms with van der Waals surface area (Å²) in [4.78, 5) is 15.8. The summed E-state index contributed by atoms with van der Waals surface area (Å²) in [5.41, 5.74) is 2.89. The largest absolute Gasteiger partial charge is 0.352 e. The normalized spacial score (nSPS) is 10.2. The smallest absolute Gasteiger partial charge is 0.252 e. The molecule has 0 spiro atoms. The Hall–Kier alpha value is -1.87. The van der Waals surface area contributed by atoms with Crippen LogP contribution in [0.4, 0.5) is 0 Å². The van der Waals surface area contributed by atoms with Gasteiger partial charge in [0.05, 0.1) is 10.6 Å². The maximum atomic E-state index is 11.9.